The van der Waals surface area contributed by atoms with Crippen LogP contribution in [0.1, 0.15) is 30.6 Å². The van der Waals surface area contributed by atoms with E-state index in [0.29, 0.717) is 13.1 Å². The molecule has 0 fully saturated rings. The van der Waals surface area contributed by atoms with Crippen LogP contribution >= 0.6 is 0 Å². The van der Waals surface area contributed by atoms with Gasteiger partial charge in [-0.25, -0.2) is 0 Å². The van der Waals surface area contributed by atoms with Crippen molar-refractivity contribution in [3.05, 3.63) is 48.0 Å². The Kier molecular flexibility index (Phi) is 4.74. The maximum atomic E-state index is 12.8. The molecular formula is C17H22N2O. The third-order valence-corrected chi connectivity index (χ3v) is 3.51. The molecule has 2 aromatic carbocycles. The maximum absolute atomic E-state index is 12.8. The van der Waals surface area contributed by atoms with Gasteiger partial charge in [-0.1, -0.05) is 36.4 Å². The molecule has 0 aliphatic carbocycles. The number of rotatable bonds is 5. The van der Waals surface area contributed by atoms with Crippen LogP contribution in [0.4, 0.5) is 0 Å². The second kappa shape index (κ2) is 6.53. The second-order valence-electron chi connectivity index (χ2n) is 5.26. The van der Waals surface area contributed by atoms with E-state index < -0.39 is 0 Å². The third kappa shape index (κ3) is 2.99. The molecule has 0 aromatic heterocycles. The van der Waals surface area contributed by atoms with Crippen molar-refractivity contribution in [1.29, 1.82) is 0 Å². The molecule has 0 aliphatic heterocycles. The molecule has 0 unspecified atom stereocenters. The lowest BCUT2D eigenvalue weighted by atomic mass is 10.0. The van der Waals surface area contributed by atoms with Crippen LogP contribution in [-0.2, 0) is 0 Å². The van der Waals surface area contributed by atoms with Gasteiger partial charge in [0.05, 0.1) is 0 Å². The largest absolute Gasteiger partial charge is 0.336 e. The molecule has 0 spiro atoms. The van der Waals surface area contributed by atoms with Crippen LogP contribution in [0.25, 0.3) is 10.8 Å². The van der Waals surface area contributed by atoms with Gasteiger partial charge in [0, 0.05) is 18.2 Å². The predicted molar refractivity (Wildman–Crippen MR) is 83.8 cm³/mol. The fourth-order valence-electron chi connectivity index (χ4n) is 2.42. The highest BCUT2D eigenvalue weighted by Crippen LogP contribution is 2.21. The summed E-state index contributed by atoms with van der Waals surface area (Å²) in [6, 6.07) is 14.1. The fraction of sp³-hybridized carbons (Fsp3) is 0.353. The quantitative estimate of drug-likeness (QED) is 0.907. The van der Waals surface area contributed by atoms with Gasteiger partial charge in [-0.2, -0.15) is 0 Å². The van der Waals surface area contributed by atoms with Gasteiger partial charge in [-0.3, -0.25) is 4.79 Å². The standard InChI is InChI=1S/C17H22N2O/c1-13(2)19(12-6-11-18)17(20)16-10-5-8-14-7-3-4-9-15(14)16/h3-5,7-10,13H,6,11-12,18H2,1-2H3. The van der Waals surface area contributed by atoms with E-state index in [-0.39, 0.29) is 11.9 Å². The van der Waals surface area contributed by atoms with Crippen molar-refractivity contribution in [2.45, 2.75) is 26.3 Å². The topological polar surface area (TPSA) is 46.3 Å². The molecule has 0 atom stereocenters. The predicted octanol–water partition coefficient (Wildman–Crippen LogP) is 3.04. The smallest absolute Gasteiger partial charge is 0.254 e. The van der Waals surface area contributed by atoms with Crippen molar-refractivity contribution in [3.8, 4) is 0 Å². The summed E-state index contributed by atoms with van der Waals surface area (Å²) in [5, 5.41) is 2.11. The molecule has 0 aliphatic rings. The van der Waals surface area contributed by atoms with Gasteiger partial charge in [0.25, 0.3) is 5.91 Å². The number of hydrogen-bond donors (Lipinski definition) is 1. The molecule has 3 heteroatoms. The fourth-order valence-corrected chi connectivity index (χ4v) is 2.42. The van der Waals surface area contributed by atoms with E-state index in [2.05, 4.69) is 0 Å². The Labute approximate surface area is 120 Å². The van der Waals surface area contributed by atoms with Crippen LogP contribution in [0, 0.1) is 0 Å². The van der Waals surface area contributed by atoms with E-state index in [4.69, 9.17) is 5.73 Å². The van der Waals surface area contributed by atoms with Crippen LogP contribution in [0.3, 0.4) is 0 Å². The Morgan fingerprint density at radius 2 is 1.85 bits per heavy atom. The number of nitrogens with two attached hydrogens (primary N) is 1. The highest BCUT2D eigenvalue weighted by molar-refractivity contribution is 6.07. The minimum atomic E-state index is 0.0882. The zero-order valence-corrected chi connectivity index (χ0v) is 12.2. The molecule has 0 radical (unpaired) electrons. The Balaban J connectivity index is 2.38. The molecule has 0 saturated carbocycles. The van der Waals surface area contributed by atoms with E-state index in [1.54, 1.807) is 0 Å². The van der Waals surface area contributed by atoms with Gasteiger partial charge in [0.15, 0.2) is 0 Å². The van der Waals surface area contributed by atoms with Gasteiger partial charge in [-0.05, 0) is 43.7 Å². The summed E-state index contributed by atoms with van der Waals surface area (Å²) >= 11 is 0. The molecule has 0 heterocycles. The van der Waals surface area contributed by atoms with Crippen LogP contribution in [0.2, 0.25) is 0 Å². The van der Waals surface area contributed by atoms with Gasteiger partial charge in [0.1, 0.15) is 0 Å². The lowest BCUT2D eigenvalue weighted by Crippen LogP contribution is -2.38. The Bertz CT molecular complexity index is 587. The molecule has 2 rings (SSSR count). The zero-order valence-electron chi connectivity index (χ0n) is 12.2. The monoisotopic (exact) mass is 270 g/mol. The van der Waals surface area contributed by atoms with Gasteiger partial charge < -0.3 is 10.6 Å². The summed E-state index contributed by atoms with van der Waals surface area (Å²) in [5.41, 5.74) is 6.34. The lowest BCUT2D eigenvalue weighted by Gasteiger charge is -2.27. The number of benzene rings is 2. The van der Waals surface area contributed by atoms with E-state index in [0.717, 1.165) is 22.8 Å². The highest BCUT2D eigenvalue weighted by Gasteiger charge is 2.19. The normalized spacial score (nSPS) is 11.0. The first-order valence-electron chi connectivity index (χ1n) is 7.14. The van der Waals surface area contributed by atoms with Crippen molar-refractivity contribution >= 4 is 16.7 Å². The number of fused-ring (bicyclic) bond motifs is 1. The number of carbonyl (C=O) groups excluding carboxylic acids is 1. The van der Waals surface area contributed by atoms with Gasteiger partial charge in [0.2, 0.25) is 0 Å². The molecule has 0 bridgehead atoms. The first-order chi connectivity index (χ1) is 9.65. The van der Waals surface area contributed by atoms with Gasteiger partial charge in [-0.15, -0.1) is 0 Å². The average Bonchev–Trinajstić information content (AvgIpc) is 2.46. The number of nitrogens with zero attached hydrogens (tertiary/aromatic N) is 1. The van der Waals surface area contributed by atoms with Crippen LogP contribution in [-0.4, -0.2) is 29.9 Å². The summed E-state index contributed by atoms with van der Waals surface area (Å²) in [7, 11) is 0. The number of amides is 1. The Morgan fingerprint density at radius 1 is 1.15 bits per heavy atom. The van der Waals surface area contributed by atoms with Crippen molar-refractivity contribution in [3.63, 3.8) is 0 Å². The summed E-state index contributed by atoms with van der Waals surface area (Å²) < 4.78 is 0. The molecule has 106 valence electrons. The van der Waals surface area contributed by atoms with Crippen molar-refractivity contribution in [2.75, 3.05) is 13.1 Å². The molecule has 1 amide bonds. The van der Waals surface area contributed by atoms with Crippen molar-refractivity contribution < 1.29 is 4.79 Å². The maximum Gasteiger partial charge on any atom is 0.254 e. The molecule has 2 N–H and O–H groups in total. The molecule has 20 heavy (non-hydrogen) atoms. The van der Waals surface area contributed by atoms with E-state index >= 15 is 0 Å². The van der Waals surface area contributed by atoms with Crippen LogP contribution < -0.4 is 5.73 Å². The Hall–Kier alpha value is -1.87. The summed E-state index contributed by atoms with van der Waals surface area (Å²) in [5.74, 6) is 0.0882. The third-order valence-electron chi connectivity index (χ3n) is 3.51. The van der Waals surface area contributed by atoms with Crippen LogP contribution in [0.15, 0.2) is 42.5 Å². The Morgan fingerprint density at radius 3 is 2.55 bits per heavy atom. The number of carbonyl (C=O) groups is 1. The first-order valence-corrected chi connectivity index (χ1v) is 7.14. The molecule has 0 saturated heterocycles. The van der Waals surface area contributed by atoms with E-state index in [1.165, 1.54) is 0 Å². The van der Waals surface area contributed by atoms with Crippen molar-refractivity contribution in [2.24, 2.45) is 5.73 Å². The second-order valence-corrected chi connectivity index (χ2v) is 5.26. The molecular weight excluding hydrogens is 248 g/mol. The summed E-state index contributed by atoms with van der Waals surface area (Å²) in [6.07, 6.45) is 0.828. The molecule has 3 nitrogen and oxygen atoms in total. The zero-order chi connectivity index (χ0) is 14.5. The number of hydrogen-bond acceptors (Lipinski definition) is 2. The van der Waals surface area contributed by atoms with Gasteiger partial charge >= 0.3 is 0 Å². The average molecular weight is 270 g/mol. The van der Waals surface area contributed by atoms with Crippen LogP contribution in [0.5, 0.6) is 0 Å². The minimum absolute atomic E-state index is 0.0882. The van der Waals surface area contributed by atoms with Crippen molar-refractivity contribution in [1.82, 2.24) is 4.90 Å². The van der Waals surface area contributed by atoms with E-state index in [9.17, 15) is 4.79 Å². The summed E-state index contributed by atoms with van der Waals surface area (Å²) in [6.45, 7) is 5.39. The SMILES string of the molecule is CC(C)N(CCCN)C(=O)c1cccc2ccccc12. The first kappa shape index (κ1) is 14.5. The minimum Gasteiger partial charge on any atom is -0.336 e. The highest BCUT2D eigenvalue weighted by atomic mass is 16.2. The lowest BCUT2D eigenvalue weighted by molar-refractivity contribution is 0.0707. The van der Waals surface area contributed by atoms with E-state index in [1.807, 2.05) is 61.2 Å². The molecule has 2 aromatic rings. The summed E-state index contributed by atoms with van der Waals surface area (Å²) in [4.78, 5) is 14.7.